The van der Waals surface area contributed by atoms with E-state index in [2.05, 4.69) is 17.4 Å². The molecule has 3 nitrogen and oxygen atoms in total. The van der Waals surface area contributed by atoms with Crippen molar-refractivity contribution in [3.63, 3.8) is 0 Å². The van der Waals surface area contributed by atoms with Crippen molar-refractivity contribution in [1.29, 1.82) is 0 Å². The van der Waals surface area contributed by atoms with Gasteiger partial charge in [-0.05, 0) is 11.1 Å². The molecule has 0 amide bonds. The summed E-state index contributed by atoms with van der Waals surface area (Å²) in [6, 6.07) is 20.2. The number of aliphatic hydroxyl groups is 1. The van der Waals surface area contributed by atoms with Crippen LogP contribution in [0.15, 0.2) is 66.7 Å². The smallest absolute Gasteiger partial charge is 0.103 e. The van der Waals surface area contributed by atoms with Crippen LogP contribution >= 0.6 is 0 Å². The summed E-state index contributed by atoms with van der Waals surface area (Å²) >= 11 is 0. The van der Waals surface area contributed by atoms with Crippen LogP contribution in [0.1, 0.15) is 17.5 Å². The van der Waals surface area contributed by atoms with Crippen molar-refractivity contribution in [2.75, 3.05) is 13.2 Å². The molecule has 1 aliphatic rings. The molecule has 1 fully saturated rings. The van der Waals surface area contributed by atoms with E-state index in [1.165, 1.54) is 5.56 Å². The lowest BCUT2D eigenvalue weighted by Crippen LogP contribution is -2.55. The summed E-state index contributed by atoms with van der Waals surface area (Å²) in [6.07, 6.45) is 4.50. The highest BCUT2D eigenvalue weighted by molar-refractivity contribution is 5.50. The molecule has 0 spiro atoms. The van der Waals surface area contributed by atoms with E-state index in [-0.39, 0.29) is 6.04 Å². The van der Waals surface area contributed by atoms with Crippen LogP contribution in [0.25, 0.3) is 6.08 Å². The minimum Gasteiger partial charge on any atom is -0.384 e. The molecule has 0 aromatic heterocycles. The molecule has 0 radical (unpaired) electrons. The van der Waals surface area contributed by atoms with E-state index in [4.69, 9.17) is 4.74 Å². The Kier molecular flexibility index (Phi) is 5.23. The second-order valence-corrected chi connectivity index (χ2v) is 5.98. The van der Waals surface area contributed by atoms with Gasteiger partial charge in [-0.25, -0.2) is 0 Å². The van der Waals surface area contributed by atoms with Crippen LogP contribution in [0.3, 0.4) is 0 Å². The van der Waals surface area contributed by atoms with Crippen molar-refractivity contribution < 1.29 is 9.84 Å². The molecular formula is C20H23NO2. The van der Waals surface area contributed by atoms with Crippen molar-refractivity contribution in [2.45, 2.75) is 24.6 Å². The molecule has 1 heterocycles. The van der Waals surface area contributed by atoms with Crippen LogP contribution < -0.4 is 5.32 Å². The minimum atomic E-state index is -0.886. The molecule has 1 saturated heterocycles. The van der Waals surface area contributed by atoms with Gasteiger partial charge < -0.3 is 15.2 Å². The first-order chi connectivity index (χ1) is 11.3. The zero-order chi connectivity index (χ0) is 16.0. The summed E-state index contributed by atoms with van der Waals surface area (Å²) < 4.78 is 5.56. The Morgan fingerprint density at radius 3 is 2.52 bits per heavy atom. The Labute approximate surface area is 137 Å². The number of rotatable bonds is 5. The van der Waals surface area contributed by atoms with E-state index in [0.29, 0.717) is 19.6 Å². The van der Waals surface area contributed by atoms with Crippen molar-refractivity contribution in [1.82, 2.24) is 5.32 Å². The lowest BCUT2D eigenvalue weighted by molar-refractivity contribution is -0.0612. The third-order valence-corrected chi connectivity index (χ3v) is 4.29. The Bertz CT molecular complexity index is 627. The second-order valence-electron chi connectivity index (χ2n) is 5.98. The van der Waals surface area contributed by atoms with Crippen molar-refractivity contribution in [3.8, 4) is 0 Å². The van der Waals surface area contributed by atoms with E-state index in [9.17, 15) is 5.11 Å². The van der Waals surface area contributed by atoms with Crippen LogP contribution in [0.4, 0.5) is 0 Å². The largest absolute Gasteiger partial charge is 0.384 e. The third-order valence-electron chi connectivity index (χ3n) is 4.29. The van der Waals surface area contributed by atoms with Gasteiger partial charge in [-0.1, -0.05) is 72.8 Å². The second kappa shape index (κ2) is 7.55. The van der Waals surface area contributed by atoms with Gasteiger partial charge in [0.2, 0.25) is 0 Å². The number of hydrogen-bond acceptors (Lipinski definition) is 3. The molecule has 0 aliphatic carbocycles. The quantitative estimate of drug-likeness (QED) is 0.892. The van der Waals surface area contributed by atoms with Crippen LogP contribution in [0, 0.1) is 0 Å². The van der Waals surface area contributed by atoms with Gasteiger partial charge in [-0.15, -0.1) is 0 Å². The molecule has 0 saturated carbocycles. The molecule has 23 heavy (non-hydrogen) atoms. The van der Waals surface area contributed by atoms with E-state index >= 15 is 0 Å². The average molecular weight is 309 g/mol. The summed E-state index contributed by atoms with van der Waals surface area (Å²) in [6.45, 7) is 1.82. The van der Waals surface area contributed by atoms with E-state index < -0.39 is 5.60 Å². The average Bonchev–Trinajstić information content (AvgIpc) is 2.61. The number of hydrogen-bond donors (Lipinski definition) is 2. The SMILES string of the molecule is O[C@]1(/C=C/c2ccccc2)CCOC[C@H]1NCc1ccccc1. The molecule has 3 rings (SSSR count). The summed E-state index contributed by atoms with van der Waals surface area (Å²) in [5.41, 5.74) is 1.41. The Hall–Kier alpha value is -1.94. The number of nitrogens with one attached hydrogen (secondary N) is 1. The van der Waals surface area contributed by atoms with Gasteiger partial charge in [0.1, 0.15) is 5.60 Å². The maximum atomic E-state index is 11.0. The molecule has 3 heteroatoms. The van der Waals surface area contributed by atoms with Gasteiger partial charge >= 0.3 is 0 Å². The normalized spacial score (nSPS) is 24.8. The third kappa shape index (κ3) is 4.29. The molecule has 0 bridgehead atoms. The van der Waals surface area contributed by atoms with Gasteiger partial charge in [-0.3, -0.25) is 0 Å². The van der Waals surface area contributed by atoms with Crippen LogP contribution in [0.2, 0.25) is 0 Å². The fraction of sp³-hybridized carbons (Fsp3) is 0.300. The topological polar surface area (TPSA) is 41.5 Å². The van der Waals surface area contributed by atoms with Gasteiger partial charge in [-0.2, -0.15) is 0 Å². The number of benzene rings is 2. The zero-order valence-electron chi connectivity index (χ0n) is 13.2. The van der Waals surface area contributed by atoms with E-state index in [1.807, 2.05) is 60.7 Å². The molecule has 120 valence electrons. The standard InChI is InChI=1S/C20H23NO2/c22-20(12-11-17-7-3-1-4-8-17)13-14-23-16-19(20)21-15-18-9-5-2-6-10-18/h1-12,19,21-22H,13-16H2/b12-11+/t19-,20-/m1/s1. The zero-order valence-corrected chi connectivity index (χ0v) is 13.2. The Balaban J connectivity index is 1.68. The van der Waals surface area contributed by atoms with Gasteiger partial charge in [0.05, 0.1) is 12.6 Å². The first-order valence-corrected chi connectivity index (χ1v) is 8.08. The van der Waals surface area contributed by atoms with Crippen molar-refractivity contribution >= 4 is 6.08 Å². The fourth-order valence-corrected chi connectivity index (χ4v) is 2.83. The van der Waals surface area contributed by atoms with E-state index in [1.54, 1.807) is 0 Å². The van der Waals surface area contributed by atoms with Crippen LogP contribution in [-0.4, -0.2) is 30.0 Å². The molecule has 2 atom stereocenters. The maximum Gasteiger partial charge on any atom is 0.103 e. The summed E-state index contributed by atoms with van der Waals surface area (Å²) in [5.74, 6) is 0. The van der Waals surface area contributed by atoms with Crippen LogP contribution in [-0.2, 0) is 11.3 Å². The van der Waals surface area contributed by atoms with Gasteiger partial charge in [0, 0.05) is 19.6 Å². The minimum absolute atomic E-state index is 0.114. The summed E-state index contributed by atoms with van der Waals surface area (Å²) in [4.78, 5) is 0. The predicted molar refractivity (Wildman–Crippen MR) is 92.9 cm³/mol. The maximum absolute atomic E-state index is 11.0. The van der Waals surface area contributed by atoms with Gasteiger partial charge in [0.25, 0.3) is 0 Å². The molecule has 2 N–H and O–H groups in total. The highest BCUT2D eigenvalue weighted by Gasteiger charge is 2.37. The first-order valence-electron chi connectivity index (χ1n) is 8.08. The lowest BCUT2D eigenvalue weighted by Gasteiger charge is -2.38. The van der Waals surface area contributed by atoms with Gasteiger partial charge in [0.15, 0.2) is 0 Å². The Morgan fingerprint density at radius 1 is 1.09 bits per heavy atom. The summed E-state index contributed by atoms with van der Waals surface area (Å²) in [7, 11) is 0. The lowest BCUT2D eigenvalue weighted by atomic mass is 9.88. The van der Waals surface area contributed by atoms with Crippen molar-refractivity contribution in [3.05, 3.63) is 77.9 Å². The van der Waals surface area contributed by atoms with E-state index in [0.717, 1.165) is 12.1 Å². The highest BCUT2D eigenvalue weighted by Crippen LogP contribution is 2.24. The first kappa shape index (κ1) is 15.9. The number of ether oxygens (including phenoxy) is 1. The molecular weight excluding hydrogens is 286 g/mol. The monoisotopic (exact) mass is 309 g/mol. The highest BCUT2D eigenvalue weighted by atomic mass is 16.5. The molecule has 2 aromatic rings. The van der Waals surface area contributed by atoms with Crippen molar-refractivity contribution in [2.24, 2.45) is 0 Å². The fourth-order valence-electron chi connectivity index (χ4n) is 2.83. The molecule has 1 aliphatic heterocycles. The molecule has 2 aromatic carbocycles. The Morgan fingerprint density at radius 2 is 1.78 bits per heavy atom. The molecule has 0 unspecified atom stereocenters. The predicted octanol–water partition coefficient (Wildman–Crippen LogP) is 3.01. The summed E-state index contributed by atoms with van der Waals surface area (Å²) in [5, 5.41) is 14.5. The van der Waals surface area contributed by atoms with Crippen LogP contribution in [0.5, 0.6) is 0 Å².